The Morgan fingerprint density at radius 2 is 2.05 bits per heavy atom. The van der Waals surface area contributed by atoms with Crippen LogP contribution in [0.2, 0.25) is 0 Å². The number of Topliss-reactive ketones (excluding diaryl/α,β-unsaturated/α-hetero) is 1. The Morgan fingerprint density at radius 1 is 1.37 bits per heavy atom. The summed E-state index contributed by atoms with van der Waals surface area (Å²) in [6, 6.07) is 3.11. The molecular weight excluding hydrogens is 240 g/mol. The lowest BCUT2D eigenvalue weighted by atomic mass is 10.0. The number of carbonyl (C=O) groups excluding carboxylic acids is 1. The Balaban J connectivity index is 1.58. The van der Waals surface area contributed by atoms with Gasteiger partial charge in [0.05, 0.1) is 12.7 Å². The molecule has 2 heterocycles. The molecule has 19 heavy (non-hydrogen) atoms. The van der Waals surface area contributed by atoms with E-state index in [1.54, 1.807) is 6.07 Å². The number of aromatic nitrogens is 1. The van der Waals surface area contributed by atoms with Crippen LogP contribution in [0.3, 0.4) is 0 Å². The molecule has 0 spiro atoms. The molecule has 2 aliphatic rings. The molecule has 1 unspecified atom stereocenters. The van der Waals surface area contributed by atoms with Crippen LogP contribution in [0.25, 0.3) is 0 Å². The van der Waals surface area contributed by atoms with Crippen LogP contribution in [0.4, 0.5) is 0 Å². The molecule has 102 valence electrons. The average Bonchev–Trinajstić information content (AvgIpc) is 2.86. The minimum atomic E-state index is 0.0491. The van der Waals surface area contributed by atoms with Gasteiger partial charge in [-0.1, -0.05) is 6.92 Å². The maximum atomic E-state index is 12.1. The molecule has 1 saturated heterocycles. The van der Waals surface area contributed by atoms with Crippen molar-refractivity contribution in [2.24, 2.45) is 17.8 Å². The smallest absolute Gasteiger partial charge is 0.195 e. The first kappa shape index (κ1) is 12.6. The fraction of sp³-hybridized carbons (Fsp3) is 0.600. The van der Waals surface area contributed by atoms with Crippen LogP contribution in [0, 0.1) is 17.8 Å². The summed E-state index contributed by atoms with van der Waals surface area (Å²) in [6.07, 6.45) is 3.95. The molecule has 1 aliphatic carbocycles. The molecular formula is C15H20N2O2. The highest BCUT2D eigenvalue weighted by Gasteiger charge is 2.39. The molecule has 0 radical (unpaired) electrons. The summed E-state index contributed by atoms with van der Waals surface area (Å²) < 4.78 is 0. The SMILES string of the molecule is CC1C[C@@H]2CN(CC(=O)c3ccc(O)cn3)C[C@@H]2C1. The van der Waals surface area contributed by atoms with E-state index in [-0.39, 0.29) is 11.5 Å². The van der Waals surface area contributed by atoms with Crippen LogP contribution in [0.5, 0.6) is 5.75 Å². The standard InChI is InChI=1S/C15H20N2O2/c1-10-4-11-7-17(8-12(11)5-10)9-15(19)14-3-2-13(18)6-16-14/h2-3,6,10-12,18H,4-5,7-9H2,1H3/t10?,11-,12+. The van der Waals surface area contributed by atoms with Crippen LogP contribution in [0.15, 0.2) is 18.3 Å². The number of aromatic hydroxyl groups is 1. The van der Waals surface area contributed by atoms with Crippen molar-refractivity contribution in [3.63, 3.8) is 0 Å². The Bertz CT molecular complexity index is 458. The normalized spacial score (nSPS) is 30.5. The van der Waals surface area contributed by atoms with Crippen molar-refractivity contribution in [3.8, 4) is 5.75 Å². The van der Waals surface area contributed by atoms with Gasteiger partial charge in [-0.15, -0.1) is 0 Å². The van der Waals surface area contributed by atoms with E-state index in [4.69, 9.17) is 0 Å². The Hall–Kier alpha value is -1.42. The van der Waals surface area contributed by atoms with Gasteiger partial charge in [0.2, 0.25) is 0 Å². The first-order chi connectivity index (χ1) is 9.11. The summed E-state index contributed by atoms with van der Waals surface area (Å²) in [5.41, 5.74) is 0.447. The van der Waals surface area contributed by atoms with Gasteiger partial charge in [-0.3, -0.25) is 9.69 Å². The second kappa shape index (κ2) is 4.93. The zero-order valence-corrected chi connectivity index (χ0v) is 11.2. The average molecular weight is 260 g/mol. The number of fused-ring (bicyclic) bond motifs is 1. The van der Waals surface area contributed by atoms with Crippen molar-refractivity contribution in [2.45, 2.75) is 19.8 Å². The van der Waals surface area contributed by atoms with Gasteiger partial charge in [0.25, 0.3) is 0 Å². The van der Waals surface area contributed by atoms with E-state index in [2.05, 4.69) is 16.8 Å². The molecule has 1 aromatic rings. The van der Waals surface area contributed by atoms with Crippen molar-refractivity contribution >= 4 is 5.78 Å². The number of nitrogens with zero attached hydrogens (tertiary/aromatic N) is 2. The largest absolute Gasteiger partial charge is 0.506 e. The number of likely N-dealkylation sites (tertiary alicyclic amines) is 1. The molecule has 0 aromatic carbocycles. The van der Waals surface area contributed by atoms with E-state index >= 15 is 0 Å². The zero-order valence-electron chi connectivity index (χ0n) is 11.2. The predicted octanol–water partition coefficient (Wildman–Crippen LogP) is 1.95. The van der Waals surface area contributed by atoms with Gasteiger partial charge in [-0.25, -0.2) is 4.98 Å². The number of rotatable bonds is 3. The molecule has 1 N–H and O–H groups in total. The van der Waals surface area contributed by atoms with Crippen LogP contribution in [-0.2, 0) is 0 Å². The van der Waals surface area contributed by atoms with E-state index in [1.807, 2.05) is 0 Å². The highest BCUT2D eigenvalue weighted by Crippen LogP contribution is 2.41. The Kier molecular flexibility index (Phi) is 3.27. The van der Waals surface area contributed by atoms with Gasteiger partial charge < -0.3 is 5.11 Å². The number of hydrogen-bond donors (Lipinski definition) is 1. The van der Waals surface area contributed by atoms with Crippen molar-refractivity contribution < 1.29 is 9.90 Å². The minimum absolute atomic E-state index is 0.0491. The topological polar surface area (TPSA) is 53.4 Å². The Labute approximate surface area is 113 Å². The molecule has 4 heteroatoms. The summed E-state index contributed by atoms with van der Waals surface area (Å²) in [6.45, 7) is 4.89. The zero-order chi connectivity index (χ0) is 13.4. The summed E-state index contributed by atoms with van der Waals surface area (Å²) in [5.74, 6) is 2.58. The van der Waals surface area contributed by atoms with Gasteiger partial charge in [-0.05, 0) is 42.7 Å². The van der Waals surface area contributed by atoms with Crippen LogP contribution < -0.4 is 0 Å². The first-order valence-electron chi connectivity index (χ1n) is 7.02. The third kappa shape index (κ3) is 2.63. The van der Waals surface area contributed by atoms with Crippen LogP contribution in [-0.4, -0.2) is 40.4 Å². The van der Waals surface area contributed by atoms with Gasteiger partial charge in [-0.2, -0.15) is 0 Å². The highest BCUT2D eigenvalue weighted by atomic mass is 16.3. The van der Waals surface area contributed by atoms with Gasteiger partial charge in [0, 0.05) is 13.1 Å². The summed E-state index contributed by atoms with van der Waals surface area (Å²) in [7, 11) is 0. The first-order valence-corrected chi connectivity index (χ1v) is 7.02. The molecule has 3 atom stereocenters. The second-order valence-electron chi connectivity index (χ2n) is 6.12. The number of pyridine rings is 1. The molecule has 1 aliphatic heterocycles. The maximum absolute atomic E-state index is 12.1. The molecule has 0 bridgehead atoms. The van der Waals surface area contributed by atoms with Crippen molar-refractivity contribution in [1.29, 1.82) is 0 Å². The molecule has 0 amide bonds. The molecule has 4 nitrogen and oxygen atoms in total. The van der Waals surface area contributed by atoms with Gasteiger partial charge >= 0.3 is 0 Å². The highest BCUT2D eigenvalue weighted by molar-refractivity contribution is 5.95. The molecule has 2 fully saturated rings. The Morgan fingerprint density at radius 3 is 2.63 bits per heavy atom. The van der Waals surface area contributed by atoms with E-state index in [9.17, 15) is 9.90 Å². The fourth-order valence-electron chi connectivity index (χ4n) is 3.66. The second-order valence-corrected chi connectivity index (χ2v) is 6.12. The summed E-state index contributed by atoms with van der Waals surface area (Å²) in [4.78, 5) is 18.4. The molecule has 3 rings (SSSR count). The summed E-state index contributed by atoms with van der Waals surface area (Å²) >= 11 is 0. The predicted molar refractivity (Wildman–Crippen MR) is 72.1 cm³/mol. The van der Waals surface area contributed by atoms with Gasteiger partial charge in [0.1, 0.15) is 11.4 Å². The monoisotopic (exact) mass is 260 g/mol. The lowest BCUT2D eigenvalue weighted by Crippen LogP contribution is -2.29. The summed E-state index contributed by atoms with van der Waals surface area (Å²) in [5, 5.41) is 9.17. The molecule has 1 aromatic heterocycles. The maximum Gasteiger partial charge on any atom is 0.195 e. The van der Waals surface area contributed by atoms with E-state index < -0.39 is 0 Å². The van der Waals surface area contributed by atoms with Crippen LogP contribution >= 0.6 is 0 Å². The van der Waals surface area contributed by atoms with Crippen molar-refractivity contribution in [3.05, 3.63) is 24.0 Å². The number of hydrogen-bond acceptors (Lipinski definition) is 4. The quantitative estimate of drug-likeness (QED) is 0.844. The van der Waals surface area contributed by atoms with E-state index in [0.29, 0.717) is 12.2 Å². The van der Waals surface area contributed by atoms with Crippen molar-refractivity contribution in [2.75, 3.05) is 19.6 Å². The third-order valence-electron chi connectivity index (χ3n) is 4.46. The number of carbonyl (C=O) groups is 1. The lowest BCUT2D eigenvalue weighted by Gasteiger charge is -2.16. The third-order valence-corrected chi connectivity index (χ3v) is 4.46. The minimum Gasteiger partial charge on any atom is -0.506 e. The fourth-order valence-corrected chi connectivity index (χ4v) is 3.66. The van der Waals surface area contributed by atoms with Crippen molar-refractivity contribution in [1.82, 2.24) is 9.88 Å². The van der Waals surface area contributed by atoms with E-state index in [0.717, 1.165) is 30.8 Å². The van der Waals surface area contributed by atoms with Crippen LogP contribution in [0.1, 0.15) is 30.3 Å². The number of ketones is 1. The lowest BCUT2D eigenvalue weighted by molar-refractivity contribution is 0.0935. The molecule has 1 saturated carbocycles. The van der Waals surface area contributed by atoms with E-state index in [1.165, 1.54) is 25.1 Å². The van der Waals surface area contributed by atoms with Gasteiger partial charge in [0.15, 0.2) is 5.78 Å².